The molecule has 1 saturated heterocycles. The molecule has 0 radical (unpaired) electrons. The van der Waals surface area contributed by atoms with Crippen LogP contribution < -0.4 is 5.32 Å². The summed E-state index contributed by atoms with van der Waals surface area (Å²) in [7, 11) is 0. The number of thiazole rings is 1. The van der Waals surface area contributed by atoms with Gasteiger partial charge in [-0.2, -0.15) is 5.10 Å². The fourth-order valence-corrected chi connectivity index (χ4v) is 4.84. The number of nitrogens with zero attached hydrogens (tertiary/aromatic N) is 5. The number of nitrogens with one attached hydrogen (secondary N) is 1. The first-order valence-electron chi connectivity index (χ1n) is 10.9. The van der Waals surface area contributed by atoms with Gasteiger partial charge in [-0.3, -0.25) is 9.58 Å². The van der Waals surface area contributed by atoms with Crippen LogP contribution in [0.25, 0.3) is 0 Å². The number of anilines is 2. The lowest BCUT2D eigenvalue weighted by molar-refractivity contribution is -0.0350. The third kappa shape index (κ3) is 4.81. The molecule has 4 rings (SSSR count). The average Bonchev–Trinajstić information content (AvgIpc) is 3.20. The van der Waals surface area contributed by atoms with Crippen LogP contribution in [0, 0.1) is 27.7 Å². The molecule has 3 aromatic rings. The van der Waals surface area contributed by atoms with E-state index in [1.807, 2.05) is 25.1 Å². The van der Waals surface area contributed by atoms with Crippen LogP contribution in [0.1, 0.15) is 59.2 Å². The van der Waals surface area contributed by atoms with Gasteiger partial charge in [0.05, 0.1) is 23.7 Å². The zero-order valence-corrected chi connectivity index (χ0v) is 20.1. The van der Waals surface area contributed by atoms with Gasteiger partial charge in [-0.1, -0.05) is 6.07 Å². The van der Waals surface area contributed by atoms with E-state index >= 15 is 0 Å². The van der Waals surface area contributed by atoms with Gasteiger partial charge in [0.25, 0.3) is 0 Å². The third-order valence-electron chi connectivity index (χ3n) is 5.86. The van der Waals surface area contributed by atoms with Crippen LogP contribution in [0.2, 0.25) is 0 Å². The summed E-state index contributed by atoms with van der Waals surface area (Å²) in [6.07, 6.45) is -0.0453. The van der Waals surface area contributed by atoms with Crippen LogP contribution in [0.5, 0.6) is 0 Å². The van der Waals surface area contributed by atoms with Crippen LogP contribution in [-0.4, -0.2) is 44.3 Å². The van der Waals surface area contributed by atoms with Crippen LogP contribution in [0.3, 0.4) is 0 Å². The van der Waals surface area contributed by atoms with E-state index < -0.39 is 0 Å². The highest BCUT2D eigenvalue weighted by atomic mass is 32.1. The van der Waals surface area contributed by atoms with Crippen LogP contribution in [-0.2, 0) is 11.3 Å². The van der Waals surface area contributed by atoms with Gasteiger partial charge in [-0.15, -0.1) is 11.3 Å². The van der Waals surface area contributed by atoms with E-state index in [-0.39, 0.29) is 6.10 Å². The second-order valence-electron chi connectivity index (χ2n) is 8.52. The molecule has 1 aliphatic heterocycles. The Hall–Kier alpha value is -2.29. The van der Waals surface area contributed by atoms with Gasteiger partial charge in [-0.05, 0) is 53.7 Å². The molecule has 0 saturated carbocycles. The summed E-state index contributed by atoms with van der Waals surface area (Å²) < 4.78 is 8.22. The normalized spacial score (nSPS) is 17.5. The molecule has 3 aromatic heterocycles. The molecular weight excluding hydrogens is 408 g/mol. The van der Waals surface area contributed by atoms with Gasteiger partial charge >= 0.3 is 0 Å². The highest BCUT2D eigenvalue weighted by molar-refractivity contribution is 7.15. The number of hydrogen-bond acceptors (Lipinski definition) is 7. The highest BCUT2D eigenvalue weighted by Gasteiger charge is 2.25. The quantitative estimate of drug-likeness (QED) is 0.590. The number of hydrogen-bond donors (Lipinski definition) is 1. The Morgan fingerprint density at radius 2 is 1.97 bits per heavy atom. The van der Waals surface area contributed by atoms with Crippen molar-refractivity contribution in [2.45, 2.75) is 60.2 Å². The van der Waals surface area contributed by atoms with Gasteiger partial charge in [0.15, 0.2) is 5.13 Å². The standard InChI is InChI=1S/C23H32N6OS/c1-14(2)29-17(5)19(16(4)27-29)12-28-10-11-30-21(13-28)20-8-7-9-22(25-20)26-23-24-15(3)18(6)31-23/h7-9,14,21H,10-13H2,1-6H3,(H,24,25,26)/t21-/m0/s1. The van der Waals surface area contributed by atoms with Crippen LogP contribution in [0.15, 0.2) is 18.2 Å². The molecule has 8 heteroatoms. The van der Waals surface area contributed by atoms with Gasteiger partial charge in [0, 0.05) is 41.8 Å². The van der Waals surface area contributed by atoms with Crippen molar-refractivity contribution in [3.63, 3.8) is 0 Å². The van der Waals surface area contributed by atoms with Crippen molar-refractivity contribution in [1.82, 2.24) is 24.6 Å². The summed E-state index contributed by atoms with van der Waals surface area (Å²) >= 11 is 1.65. The fraction of sp³-hybridized carbons (Fsp3) is 0.522. The van der Waals surface area contributed by atoms with Gasteiger partial charge < -0.3 is 10.1 Å². The van der Waals surface area contributed by atoms with Crippen molar-refractivity contribution < 1.29 is 4.74 Å². The Morgan fingerprint density at radius 3 is 2.65 bits per heavy atom. The summed E-state index contributed by atoms with van der Waals surface area (Å²) in [4.78, 5) is 13.0. The molecule has 31 heavy (non-hydrogen) atoms. The van der Waals surface area contributed by atoms with Gasteiger partial charge in [-0.25, -0.2) is 9.97 Å². The van der Waals surface area contributed by atoms with Crippen LogP contribution >= 0.6 is 11.3 Å². The van der Waals surface area contributed by atoms with E-state index in [2.05, 4.69) is 54.5 Å². The lowest BCUT2D eigenvalue weighted by atomic mass is 10.1. The molecule has 1 atom stereocenters. The predicted molar refractivity (Wildman–Crippen MR) is 125 cm³/mol. The van der Waals surface area contributed by atoms with E-state index in [0.29, 0.717) is 12.6 Å². The van der Waals surface area contributed by atoms with Crippen LogP contribution in [0.4, 0.5) is 10.9 Å². The molecular formula is C23H32N6OS. The lowest BCUT2D eigenvalue weighted by Gasteiger charge is -2.32. The van der Waals surface area contributed by atoms with Crippen molar-refractivity contribution in [1.29, 1.82) is 0 Å². The summed E-state index contributed by atoms with van der Waals surface area (Å²) in [5.74, 6) is 0.803. The maximum Gasteiger partial charge on any atom is 0.188 e. The second-order valence-corrected chi connectivity index (χ2v) is 9.72. The first-order valence-corrected chi connectivity index (χ1v) is 11.7. The molecule has 0 bridgehead atoms. The maximum atomic E-state index is 6.10. The highest BCUT2D eigenvalue weighted by Crippen LogP contribution is 2.27. The Bertz CT molecular complexity index is 1040. The molecule has 0 aromatic carbocycles. The Labute approximate surface area is 188 Å². The summed E-state index contributed by atoms with van der Waals surface area (Å²) in [6.45, 7) is 16.1. The largest absolute Gasteiger partial charge is 0.369 e. The SMILES string of the molecule is Cc1nc(Nc2cccc([C@@H]3CN(Cc4c(C)nn(C(C)C)c4C)CCO3)n2)sc1C. The summed E-state index contributed by atoms with van der Waals surface area (Å²) in [6, 6.07) is 6.42. The van der Waals surface area contributed by atoms with Crippen molar-refractivity contribution in [2.24, 2.45) is 0 Å². The van der Waals surface area contributed by atoms with E-state index in [1.165, 1.54) is 16.1 Å². The zero-order chi connectivity index (χ0) is 22.1. The molecule has 0 amide bonds. The number of aryl methyl sites for hydroxylation is 3. The van der Waals surface area contributed by atoms with Crippen molar-refractivity contribution >= 4 is 22.3 Å². The molecule has 0 unspecified atom stereocenters. The predicted octanol–water partition coefficient (Wildman–Crippen LogP) is 4.87. The number of ether oxygens (including phenoxy) is 1. The minimum absolute atomic E-state index is 0.0453. The Morgan fingerprint density at radius 1 is 1.16 bits per heavy atom. The molecule has 1 fully saturated rings. The second kappa shape index (κ2) is 9.06. The van der Waals surface area contributed by atoms with Crippen molar-refractivity contribution in [3.05, 3.63) is 51.4 Å². The van der Waals surface area contributed by atoms with Crippen molar-refractivity contribution in [2.75, 3.05) is 25.0 Å². The van der Waals surface area contributed by atoms with E-state index in [0.717, 1.165) is 47.7 Å². The first-order chi connectivity index (χ1) is 14.8. The molecule has 1 N–H and O–H groups in total. The van der Waals surface area contributed by atoms with Gasteiger partial charge in [0.2, 0.25) is 0 Å². The number of pyridine rings is 1. The molecule has 0 spiro atoms. The monoisotopic (exact) mass is 440 g/mol. The Balaban J connectivity index is 1.46. The average molecular weight is 441 g/mol. The number of rotatable bonds is 6. The van der Waals surface area contributed by atoms with Crippen molar-refractivity contribution in [3.8, 4) is 0 Å². The third-order valence-corrected chi connectivity index (χ3v) is 6.85. The van der Waals surface area contributed by atoms with E-state index in [1.54, 1.807) is 11.3 Å². The summed E-state index contributed by atoms with van der Waals surface area (Å²) in [5, 5.41) is 8.96. The molecule has 7 nitrogen and oxygen atoms in total. The molecule has 0 aliphatic carbocycles. The zero-order valence-electron chi connectivity index (χ0n) is 19.3. The number of aromatic nitrogens is 4. The molecule has 1 aliphatic rings. The number of morpholine rings is 1. The molecule has 4 heterocycles. The topological polar surface area (TPSA) is 68.1 Å². The smallest absolute Gasteiger partial charge is 0.188 e. The van der Waals surface area contributed by atoms with E-state index in [9.17, 15) is 0 Å². The fourth-order valence-electron chi connectivity index (χ4n) is 4.01. The maximum absolute atomic E-state index is 6.10. The van der Waals surface area contributed by atoms with Gasteiger partial charge in [0.1, 0.15) is 11.9 Å². The first kappa shape index (κ1) is 21.9. The van der Waals surface area contributed by atoms with E-state index in [4.69, 9.17) is 14.8 Å². The minimum Gasteiger partial charge on any atom is -0.369 e. The lowest BCUT2D eigenvalue weighted by Crippen LogP contribution is -2.38. The minimum atomic E-state index is -0.0453. The molecule has 166 valence electrons. The summed E-state index contributed by atoms with van der Waals surface area (Å²) in [5.41, 5.74) is 5.71. The Kier molecular flexibility index (Phi) is 6.41.